The van der Waals surface area contributed by atoms with Gasteiger partial charge in [-0.15, -0.1) is 11.3 Å². The number of amides is 1. The molecule has 1 aliphatic carbocycles. The number of thiophene rings is 1. The number of halogens is 1. The lowest BCUT2D eigenvalue weighted by Gasteiger charge is -2.20. The second-order valence-corrected chi connectivity index (χ2v) is 7.79. The first-order valence-corrected chi connectivity index (χ1v) is 8.33. The molecule has 0 aromatic carbocycles. The number of nitrogens with zero attached hydrogens (tertiary/aromatic N) is 1. The summed E-state index contributed by atoms with van der Waals surface area (Å²) in [4.78, 5) is 14.9. The molecule has 5 heteroatoms. The standard InChI is InChI=1S/C14H20BrNO2S/c1-16(9-12(17)10-5-6-10)14(18)4-2-3-11-7-8-13(15)19-11/h7-8,10,12,17H,2-6,9H2,1H3. The Morgan fingerprint density at radius 2 is 2.32 bits per heavy atom. The van der Waals surface area contributed by atoms with Crippen LogP contribution in [0, 0.1) is 5.92 Å². The fraction of sp³-hybridized carbons (Fsp3) is 0.643. The summed E-state index contributed by atoms with van der Waals surface area (Å²) < 4.78 is 1.14. The van der Waals surface area contributed by atoms with Crippen LogP contribution < -0.4 is 0 Å². The quantitative estimate of drug-likeness (QED) is 0.824. The molecule has 1 amide bonds. The minimum Gasteiger partial charge on any atom is -0.391 e. The highest BCUT2D eigenvalue weighted by atomic mass is 79.9. The minimum absolute atomic E-state index is 0.135. The maximum atomic E-state index is 11.9. The van der Waals surface area contributed by atoms with E-state index in [1.807, 2.05) is 6.07 Å². The predicted molar refractivity (Wildman–Crippen MR) is 81.3 cm³/mol. The maximum Gasteiger partial charge on any atom is 0.222 e. The van der Waals surface area contributed by atoms with E-state index in [0.717, 1.165) is 29.5 Å². The van der Waals surface area contributed by atoms with Crippen LogP contribution in [-0.2, 0) is 11.2 Å². The van der Waals surface area contributed by atoms with Gasteiger partial charge in [-0.25, -0.2) is 0 Å². The van der Waals surface area contributed by atoms with E-state index >= 15 is 0 Å². The van der Waals surface area contributed by atoms with Gasteiger partial charge in [0.2, 0.25) is 5.91 Å². The SMILES string of the molecule is CN(CC(O)C1CC1)C(=O)CCCc1ccc(Br)s1. The molecule has 0 bridgehead atoms. The summed E-state index contributed by atoms with van der Waals surface area (Å²) in [5.41, 5.74) is 0. The third-order valence-electron chi connectivity index (χ3n) is 3.50. The fourth-order valence-electron chi connectivity index (χ4n) is 2.10. The predicted octanol–water partition coefficient (Wildman–Crippen LogP) is 3.06. The molecule has 1 aromatic heterocycles. The topological polar surface area (TPSA) is 40.5 Å². The van der Waals surface area contributed by atoms with Crippen LogP contribution in [0.4, 0.5) is 0 Å². The molecule has 19 heavy (non-hydrogen) atoms. The van der Waals surface area contributed by atoms with Crippen LogP contribution in [0.1, 0.15) is 30.6 Å². The van der Waals surface area contributed by atoms with Gasteiger partial charge in [0.05, 0.1) is 9.89 Å². The molecule has 1 atom stereocenters. The molecule has 1 heterocycles. The van der Waals surface area contributed by atoms with E-state index in [2.05, 4.69) is 22.0 Å². The van der Waals surface area contributed by atoms with Crippen LogP contribution in [-0.4, -0.2) is 35.6 Å². The van der Waals surface area contributed by atoms with Gasteiger partial charge in [-0.2, -0.15) is 0 Å². The molecule has 2 rings (SSSR count). The van der Waals surface area contributed by atoms with Crippen molar-refractivity contribution in [1.29, 1.82) is 0 Å². The lowest BCUT2D eigenvalue weighted by molar-refractivity contribution is -0.131. The van der Waals surface area contributed by atoms with E-state index in [9.17, 15) is 9.90 Å². The number of aryl methyl sites for hydroxylation is 1. The Hall–Kier alpha value is -0.390. The average Bonchev–Trinajstić information content (AvgIpc) is 3.13. The van der Waals surface area contributed by atoms with Crippen molar-refractivity contribution >= 4 is 33.2 Å². The summed E-state index contributed by atoms with van der Waals surface area (Å²) >= 11 is 5.16. The number of aliphatic hydroxyl groups is 1. The van der Waals surface area contributed by atoms with Gasteiger partial charge in [0.1, 0.15) is 0 Å². The van der Waals surface area contributed by atoms with E-state index in [0.29, 0.717) is 18.9 Å². The van der Waals surface area contributed by atoms with Gasteiger partial charge >= 0.3 is 0 Å². The van der Waals surface area contributed by atoms with Crippen molar-refractivity contribution < 1.29 is 9.90 Å². The van der Waals surface area contributed by atoms with Gasteiger partial charge < -0.3 is 10.0 Å². The molecule has 1 aliphatic rings. The molecule has 1 aromatic rings. The number of hydrogen-bond acceptors (Lipinski definition) is 3. The van der Waals surface area contributed by atoms with Crippen molar-refractivity contribution in [2.24, 2.45) is 5.92 Å². The Kier molecular flexibility index (Phi) is 5.42. The summed E-state index contributed by atoms with van der Waals surface area (Å²) in [5, 5.41) is 9.82. The Morgan fingerprint density at radius 3 is 2.89 bits per heavy atom. The van der Waals surface area contributed by atoms with Crippen LogP contribution in [0.2, 0.25) is 0 Å². The van der Waals surface area contributed by atoms with Gasteiger partial charge in [0, 0.05) is 24.9 Å². The first kappa shape index (κ1) is 15.0. The zero-order chi connectivity index (χ0) is 13.8. The molecule has 0 saturated heterocycles. The Labute approximate surface area is 126 Å². The average molecular weight is 346 g/mol. The van der Waals surface area contributed by atoms with E-state index in [1.54, 1.807) is 23.3 Å². The zero-order valence-electron chi connectivity index (χ0n) is 11.1. The molecule has 1 saturated carbocycles. The monoisotopic (exact) mass is 345 g/mol. The first-order chi connectivity index (χ1) is 9.06. The van der Waals surface area contributed by atoms with Crippen molar-refractivity contribution in [3.63, 3.8) is 0 Å². The van der Waals surface area contributed by atoms with Crippen LogP contribution in [0.3, 0.4) is 0 Å². The Balaban J connectivity index is 1.65. The fourth-order valence-corrected chi connectivity index (χ4v) is 3.63. The van der Waals surface area contributed by atoms with Crippen LogP contribution in [0.25, 0.3) is 0 Å². The molecule has 0 radical (unpaired) electrons. The number of carbonyl (C=O) groups excluding carboxylic acids is 1. The molecule has 0 spiro atoms. The van der Waals surface area contributed by atoms with Crippen molar-refractivity contribution in [3.8, 4) is 0 Å². The second-order valence-electron chi connectivity index (χ2n) is 5.24. The maximum absolute atomic E-state index is 11.9. The molecular weight excluding hydrogens is 326 g/mol. The molecular formula is C14H20BrNO2S. The molecule has 106 valence electrons. The number of hydrogen-bond donors (Lipinski definition) is 1. The Morgan fingerprint density at radius 1 is 1.58 bits per heavy atom. The molecule has 1 fully saturated rings. The number of carbonyl (C=O) groups is 1. The van der Waals surface area contributed by atoms with E-state index in [4.69, 9.17) is 0 Å². The Bertz CT molecular complexity index is 431. The van der Waals surface area contributed by atoms with Crippen LogP contribution >= 0.6 is 27.3 Å². The zero-order valence-corrected chi connectivity index (χ0v) is 13.5. The third kappa shape index (κ3) is 4.89. The van der Waals surface area contributed by atoms with Crippen LogP contribution in [0.5, 0.6) is 0 Å². The highest BCUT2D eigenvalue weighted by molar-refractivity contribution is 9.11. The summed E-state index contributed by atoms with van der Waals surface area (Å²) in [6.45, 7) is 0.480. The van der Waals surface area contributed by atoms with Gasteiger partial charge in [-0.05, 0) is 59.7 Å². The van der Waals surface area contributed by atoms with E-state index in [1.165, 1.54) is 4.88 Å². The number of likely N-dealkylation sites (N-methyl/N-ethyl adjacent to an activating group) is 1. The smallest absolute Gasteiger partial charge is 0.222 e. The van der Waals surface area contributed by atoms with Crippen molar-refractivity contribution in [3.05, 3.63) is 20.8 Å². The van der Waals surface area contributed by atoms with E-state index < -0.39 is 0 Å². The third-order valence-corrected chi connectivity index (χ3v) is 5.18. The largest absolute Gasteiger partial charge is 0.391 e. The summed E-state index contributed by atoms with van der Waals surface area (Å²) in [7, 11) is 1.79. The van der Waals surface area contributed by atoms with Crippen molar-refractivity contribution in [2.45, 2.75) is 38.2 Å². The van der Waals surface area contributed by atoms with Gasteiger partial charge in [0.15, 0.2) is 0 Å². The van der Waals surface area contributed by atoms with Gasteiger partial charge in [0.25, 0.3) is 0 Å². The summed E-state index contributed by atoms with van der Waals surface area (Å²) in [6.07, 6.45) is 4.26. The van der Waals surface area contributed by atoms with E-state index in [-0.39, 0.29) is 12.0 Å². The number of aliphatic hydroxyl groups excluding tert-OH is 1. The second kappa shape index (κ2) is 6.86. The van der Waals surface area contributed by atoms with Crippen molar-refractivity contribution in [1.82, 2.24) is 4.90 Å². The summed E-state index contributed by atoms with van der Waals surface area (Å²) in [6, 6.07) is 4.14. The molecule has 1 unspecified atom stereocenters. The van der Waals surface area contributed by atoms with Gasteiger partial charge in [-0.3, -0.25) is 4.79 Å². The highest BCUT2D eigenvalue weighted by Crippen LogP contribution is 2.32. The lowest BCUT2D eigenvalue weighted by atomic mass is 10.2. The number of rotatable bonds is 7. The highest BCUT2D eigenvalue weighted by Gasteiger charge is 2.30. The molecule has 1 N–H and O–H groups in total. The van der Waals surface area contributed by atoms with Crippen molar-refractivity contribution in [2.75, 3.05) is 13.6 Å². The normalized spacial score (nSPS) is 16.4. The minimum atomic E-state index is -0.331. The first-order valence-electron chi connectivity index (χ1n) is 6.72. The van der Waals surface area contributed by atoms with Crippen LogP contribution in [0.15, 0.2) is 15.9 Å². The molecule has 3 nitrogen and oxygen atoms in total. The molecule has 0 aliphatic heterocycles. The lowest BCUT2D eigenvalue weighted by Crippen LogP contribution is -2.35. The van der Waals surface area contributed by atoms with Gasteiger partial charge in [-0.1, -0.05) is 0 Å². The summed E-state index contributed by atoms with van der Waals surface area (Å²) in [5.74, 6) is 0.564.